The molecule has 0 unspecified atom stereocenters. The summed E-state index contributed by atoms with van der Waals surface area (Å²) in [6.07, 6.45) is 0. The van der Waals surface area contributed by atoms with E-state index in [4.69, 9.17) is 0 Å². The van der Waals surface area contributed by atoms with Crippen LogP contribution in [0.4, 0.5) is 0 Å². The minimum absolute atomic E-state index is 0.140. The van der Waals surface area contributed by atoms with E-state index in [1.165, 1.54) is 27.8 Å². The van der Waals surface area contributed by atoms with Crippen molar-refractivity contribution in [2.75, 3.05) is 0 Å². The lowest BCUT2D eigenvalue weighted by Crippen LogP contribution is -2.26. The van der Waals surface area contributed by atoms with Gasteiger partial charge in [0.05, 0.1) is 0 Å². The van der Waals surface area contributed by atoms with Gasteiger partial charge >= 0.3 is 0 Å². The molecule has 3 rings (SSSR count). The zero-order chi connectivity index (χ0) is 15.6. The molecule has 0 spiro atoms. The molecule has 0 atom stereocenters. The van der Waals surface area contributed by atoms with E-state index in [1.54, 1.807) is 0 Å². The van der Waals surface area contributed by atoms with Crippen LogP contribution in [0.3, 0.4) is 0 Å². The number of aryl methyl sites for hydroxylation is 1. The van der Waals surface area contributed by atoms with Crippen molar-refractivity contribution in [2.45, 2.75) is 26.2 Å². The van der Waals surface area contributed by atoms with Gasteiger partial charge in [-0.05, 0) is 48.6 Å². The summed E-state index contributed by atoms with van der Waals surface area (Å²) in [7, 11) is 0. The second kappa shape index (κ2) is 5.81. The molecule has 3 aromatic rings. The van der Waals surface area contributed by atoms with E-state index in [-0.39, 0.29) is 5.41 Å². The third-order valence-electron chi connectivity index (χ3n) is 4.85. The smallest absolute Gasteiger partial charge is 0.0425 e. The monoisotopic (exact) mass is 286 g/mol. The molecule has 0 fully saturated rings. The Morgan fingerprint density at radius 1 is 0.591 bits per heavy atom. The van der Waals surface area contributed by atoms with Crippen molar-refractivity contribution < 1.29 is 0 Å². The van der Waals surface area contributed by atoms with Crippen LogP contribution >= 0.6 is 0 Å². The molecule has 0 nitrogen and oxygen atoms in total. The van der Waals surface area contributed by atoms with E-state index < -0.39 is 0 Å². The van der Waals surface area contributed by atoms with Crippen molar-refractivity contribution in [3.8, 4) is 0 Å². The van der Waals surface area contributed by atoms with Crippen LogP contribution in [0.5, 0.6) is 0 Å². The quantitative estimate of drug-likeness (QED) is 0.545. The zero-order valence-corrected chi connectivity index (χ0v) is 13.5. The van der Waals surface area contributed by atoms with Gasteiger partial charge in [-0.25, -0.2) is 0 Å². The lowest BCUT2D eigenvalue weighted by atomic mass is 9.69. The molecular weight excluding hydrogens is 264 g/mol. The van der Waals surface area contributed by atoms with Crippen LogP contribution < -0.4 is 0 Å². The fourth-order valence-corrected chi connectivity index (χ4v) is 3.31. The number of benzene rings is 3. The second-order valence-corrected chi connectivity index (χ2v) is 6.10. The van der Waals surface area contributed by atoms with Gasteiger partial charge in [0.1, 0.15) is 0 Å². The molecule has 0 N–H and O–H groups in total. The van der Waals surface area contributed by atoms with Crippen LogP contribution in [0, 0.1) is 13.8 Å². The molecule has 110 valence electrons. The molecule has 0 heterocycles. The molecule has 0 radical (unpaired) electrons. The van der Waals surface area contributed by atoms with Gasteiger partial charge in [0.15, 0.2) is 0 Å². The predicted molar refractivity (Wildman–Crippen MR) is 94.4 cm³/mol. The lowest BCUT2D eigenvalue weighted by Gasteiger charge is -2.33. The minimum atomic E-state index is -0.140. The highest BCUT2D eigenvalue weighted by Gasteiger charge is 2.32. The van der Waals surface area contributed by atoms with Crippen molar-refractivity contribution in [3.05, 3.63) is 107 Å². The summed E-state index contributed by atoms with van der Waals surface area (Å²) >= 11 is 0. The highest BCUT2D eigenvalue weighted by Crippen LogP contribution is 2.40. The van der Waals surface area contributed by atoms with Crippen LogP contribution in [0.2, 0.25) is 0 Å². The number of hydrogen-bond acceptors (Lipinski definition) is 0. The summed E-state index contributed by atoms with van der Waals surface area (Å²) in [5.74, 6) is 0. The topological polar surface area (TPSA) is 0 Å². The predicted octanol–water partition coefficient (Wildman–Crippen LogP) is 5.66. The second-order valence-electron chi connectivity index (χ2n) is 6.10. The van der Waals surface area contributed by atoms with Gasteiger partial charge in [0, 0.05) is 5.41 Å². The minimum Gasteiger partial charge on any atom is -0.0622 e. The molecule has 0 aromatic heterocycles. The van der Waals surface area contributed by atoms with Gasteiger partial charge in [-0.15, -0.1) is 0 Å². The molecular formula is C22H22. The molecule has 0 amide bonds. The summed E-state index contributed by atoms with van der Waals surface area (Å²) < 4.78 is 0. The van der Waals surface area contributed by atoms with Gasteiger partial charge in [-0.2, -0.15) is 0 Å². The maximum atomic E-state index is 2.33. The summed E-state index contributed by atoms with van der Waals surface area (Å²) in [5.41, 5.74) is 6.61. The Bertz CT molecular complexity index is 715. The first-order valence-corrected chi connectivity index (χ1v) is 7.82. The summed E-state index contributed by atoms with van der Waals surface area (Å²) in [6.45, 7) is 6.75. The van der Waals surface area contributed by atoms with Crippen LogP contribution in [-0.2, 0) is 5.41 Å². The number of hydrogen-bond donors (Lipinski definition) is 0. The SMILES string of the molecule is Cc1cccc(C(C)(c2ccccc2)c2ccccc2)c1C. The molecule has 22 heavy (non-hydrogen) atoms. The van der Waals surface area contributed by atoms with Gasteiger partial charge in [-0.3, -0.25) is 0 Å². The normalized spacial score (nSPS) is 11.4. The first kappa shape index (κ1) is 14.6. The Balaban J connectivity index is 2.31. The first-order chi connectivity index (χ1) is 10.6. The van der Waals surface area contributed by atoms with Crippen molar-refractivity contribution in [1.29, 1.82) is 0 Å². The van der Waals surface area contributed by atoms with E-state index in [1.807, 2.05) is 0 Å². The van der Waals surface area contributed by atoms with E-state index >= 15 is 0 Å². The van der Waals surface area contributed by atoms with Crippen LogP contribution in [0.15, 0.2) is 78.9 Å². The fourth-order valence-electron chi connectivity index (χ4n) is 3.31. The lowest BCUT2D eigenvalue weighted by molar-refractivity contribution is 0.686. The standard InChI is InChI=1S/C22H22/c1-17-11-10-16-21(18(17)2)22(3,19-12-6-4-7-13-19)20-14-8-5-9-15-20/h4-16H,1-3H3. The summed E-state index contributed by atoms with van der Waals surface area (Å²) in [6, 6.07) is 28.2. The van der Waals surface area contributed by atoms with Gasteiger partial charge in [0.25, 0.3) is 0 Å². The van der Waals surface area contributed by atoms with E-state index in [2.05, 4.69) is 99.6 Å². The van der Waals surface area contributed by atoms with E-state index in [9.17, 15) is 0 Å². The van der Waals surface area contributed by atoms with Crippen molar-refractivity contribution in [2.24, 2.45) is 0 Å². The Hall–Kier alpha value is -2.34. The average Bonchev–Trinajstić information content (AvgIpc) is 2.58. The maximum absolute atomic E-state index is 2.33. The third kappa shape index (κ3) is 2.35. The summed E-state index contributed by atoms with van der Waals surface area (Å²) in [4.78, 5) is 0. The van der Waals surface area contributed by atoms with Gasteiger partial charge < -0.3 is 0 Å². The van der Waals surface area contributed by atoms with Crippen LogP contribution in [0.25, 0.3) is 0 Å². The highest BCUT2D eigenvalue weighted by molar-refractivity contribution is 5.53. The molecule has 0 saturated heterocycles. The molecule has 0 heteroatoms. The Morgan fingerprint density at radius 3 is 1.59 bits per heavy atom. The van der Waals surface area contributed by atoms with Crippen LogP contribution in [-0.4, -0.2) is 0 Å². The van der Waals surface area contributed by atoms with Crippen LogP contribution in [0.1, 0.15) is 34.7 Å². The van der Waals surface area contributed by atoms with E-state index in [0.717, 1.165) is 0 Å². The molecule has 0 aliphatic carbocycles. The first-order valence-electron chi connectivity index (χ1n) is 7.82. The Labute approximate surface area is 133 Å². The van der Waals surface area contributed by atoms with E-state index in [0.29, 0.717) is 0 Å². The Morgan fingerprint density at radius 2 is 1.09 bits per heavy atom. The maximum Gasteiger partial charge on any atom is 0.0425 e. The molecule has 3 aromatic carbocycles. The van der Waals surface area contributed by atoms with Crippen molar-refractivity contribution >= 4 is 0 Å². The average molecular weight is 286 g/mol. The summed E-state index contributed by atoms with van der Waals surface area (Å²) in [5, 5.41) is 0. The zero-order valence-electron chi connectivity index (χ0n) is 13.5. The Kier molecular flexibility index (Phi) is 3.85. The molecule has 0 aliphatic rings. The highest BCUT2D eigenvalue weighted by atomic mass is 14.3. The van der Waals surface area contributed by atoms with Gasteiger partial charge in [0.2, 0.25) is 0 Å². The van der Waals surface area contributed by atoms with Crippen molar-refractivity contribution in [3.63, 3.8) is 0 Å². The molecule has 0 aliphatic heterocycles. The molecule has 0 saturated carbocycles. The number of rotatable bonds is 3. The van der Waals surface area contributed by atoms with Gasteiger partial charge in [-0.1, -0.05) is 78.9 Å². The van der Waals surface area contributed by atoms with Crippen molar-refractivity contribution in [1.82, 2.24) is 0 Å². The fraction of sp³-hybridized carbons (Fsp3) is 0.182. The largest absolute Gasteiger partial charge is 0.0622 e. The molecule has 0 bridgehead atoms. The third-order valence-corrected chi connectivity index (χ3v) is 4.85.